The Bertz CT molecular complexity index is 374. The minimum absolute atomic E-state index is 0.652. The number of anilines is 1. The minimum Gasteiger partial charge on any atom is -0.347 e. The zero-order chi connectivity index (χ0) is 14.4. The molecule has 1 aromatic heterocycles. The van der Waals surface area contributed by atoms with E-state index in [1.807, 2.05) is 18.4 Å². The van der Waals surface area contributed by atoms with Gasteiger partial charge in [-0.05, 0) is 34.0 Å². The normalized spacial score (nSPS) is 11.6. The molecule has 0 aliphatic rings. The van der Waals surface area contributed by atoms with Crippen LogP contribution in [0.25, 0.3) is 0 Å². The molecule has 0 unspecified atom stereocenters. The van der Waals surface area contributed by atoms with Crippen molar-refractivity contribution in [1.29, 1.82) is 0 Å². The summed E-state index contributed by atoms with van der Waals surface area (Å²) in [5.74, 6) is 0.652. The number of aromatic nitrogens is 1. The van der Waals surface area contributed by atoms with E-state index < -0.39 is 0 Å². The number of hydrogen-bond acceptors (Lipinski definition) is 5. The van der Waals surface area contributed by atoms with Crippen LogP contribution in [-0.4, -0.2) is 50.7 Å². The van der Waals surface area contributed by atoms with Crippen LogP contribution in [0.1, 0.15) is 24.4 Å². The Labute approximate surface area is 121 Å². The lowest BCUT2D eigenvalue weighted by Gasteiger charge is -2.25. The van der Waals surface area contributed by atoms with E-state index in [2.05, 4.69) is 50.0 Å². The van der Waals surface area contributed by atoms with Crippen molar-refractivity contribution in [2.24, 2.45) is 5.92 Å². The molecular formula is C14H28N4S. The fraction of sp³-hybridized carbons (Fsp3) is 0.786. The van der Waals surface area contributed by atoms with Crippen molar-refractivity contribution in [3.8, 4) is 0 Å². The van der Waals surface area contributed by atoms with E-state index in [4.69, 9.17) is 4.98 Å². The summed E-state index contributed by atoms with van der Waals surface area (Å²) < 4.78 is 0. The van der Waals surface area contributed by atoms with Crippen LogP contribution >= 0.6 is 11.3 Å². The lowest BCUT2D eigenvalue weighted by Crippen LogP contribution is -2.34. The maximum absolute atomic E-state index is 4.75. The molecule has 0 amide bonds. The SMILES string of the molecule is CNCc1sc(N(CCN(C)C)CC(C)C)nc1C. The van der Waals surface area contributed by atoms with Crippen molar-refractivity contribution in [2.45, 2.75) is 27.3 Å². The standard InChI is InChI=1S/C14H28N4S/c1-11(2)10-18(8-7-17(5)6)14-16-12(3)13(19-14)9-15-4/h11,15H,7-10H2,1-6H3. The van der Waals surface area contributed by atoms with Gasteiger partial charge in [0.1, 0.15) is 0 Å². The van der Waals surface area contributed by atoms with Gasteiger partial charge in [0.2, 0.25) is 0 Å². The first-order valence-electron chi connectivity index (χ1n) is 6.94. The number of nitrogens with zero attached hydrogens (tertiary/aromatic N) is 3. The maximum Gasteiger partial charge on any atom is 0.185 e. The predicted octanol–water partition coefficient (Wildman–Crippen LogP) is 2.19. The smallest absolute Gasteiger partial charge is 0.185 e. The van der Waals surface area contributed by atoms with Crippen LogP contribution in [0.15, 0.2) is 0 Å². The fourth-order valence-electron chi connectivity index (χ4n) is 1.90. The zero-order valence-electron chi connectivity index (χ0n) is 13.2. The summed E-state index contributed by atoms with van der Waals surface area (Å²) in [6, 6.07) is 0. The van der Waals surface area contributed by atoms with E-state index in [1.165, 1.54) is 10.0 Å². The molecule has 1 heterocycles. The van der Waals surface area contributed by atoms with E-state index >= 15 is 0 Å². The van der Waals surface area contributed by atoms with Gasteiger partial charge in [-0.3, -0.25) is 0 Å². The second kappa shape index (κ2) is 7.82. The molecule has 1 aromatic rings. The molecule has 1 rings (SSSR count). The number of nitrogens with one attached hydrogen (secondary N) is 1. The number of hydrogen-bond donors (Lipinski definition) is 1. The third-order valence-corrected chi connectivity index (χ3v) is 4.11. The van der Waals surface area contributed by atoms with Gasteiger partial charge in [-0.2, -0.15) is 0 Å². The van der Waals surface area contributed by atoms with Gasteiger partial charge < -0.3 is 15.1 Å². The molecule has 0 atom stereocenters. The topological polar surface area (TPSA) is 31.4 Å². The molecule has 0 saturated heterocycles. The first-order valence-corrected chi connectivity index (χ1v) is 7.76. The molecule has 0 aliphatic carbocycles. The third kappa shape index (κ3) is 5.47. The highest BCUT2D eigenvalue weighted by atomic mass is 32.1. The summed E-state index contributed by atoms with van der Waals surface area (Å²) in [4.78, 5) is 10.7. The molecule has 0 spiro atoms. The molecule has 0 aliphatic heterocycles. The highest BCUT2D eigenvalue weighted by Gasteiger charge is 2.15. The summed E-state index contributed by atoms with van der Waals surface area (Å²) in [6.45, 7) is 10.7. The van der Waals surface area contributed by atoms with E-state index in [0.717, 1.165) is 31.9 Å². The summed E-state index contributed by atoms with van der Waals surface area (Å²) in [7, 11) is 6.22. The Hall–Kier alpha value is -0.650. The van der Waals surface area contributed by atoms with Crippen molar-refractivity contribution < 1.29 is 0 Å². The van der Waals surface area contributed by atoms with Gasteiger partial charge in [-0.15, -0.1) is 11.3 Å². The number of thiazole rings is 1. The lowest BCUT2D eigenvalue weighted by atomic mass is 10.2. The summed E-state index contributed by atoms with van der Waals surface area (Å²) in [5.41, 5.74) is 1.16. The van der Waals surface area contributed by atoms with Crippen LogP contribution in [0.3, 0.4) is 0 Å². The third-order valence-electron chi connectivity index (χ3n) is 2.89. The Morgan fingerprint density at radius 3 is 2.47 bits per heavy atom. The first-order chi connectivity index (χ1) is 8.93. The predicted molar refractivity (Wildman–Crippen MR) is 85.2 cm³/mol. The summed E-state index contributed by atoms with van der Waals surface area (Å²) in [5, 5.41) is 4.38. The molecule has 0 saturated carbocycles. The molecule has 0 aromatic carbocycles. The lowest BCUT2D eigenvalue weighted by molar-refractivity contribution is 0.409. The van der Waals surface area contributed by atoms with Crippen LogP contribution in [0.2, 0.25) is 0 Å². The number of likely N-dealkylation sites (N-methyl/N-ethyl adjacent to an activating group) is 1. The quantitative estimate of drug-likeness (QED) is 0.793. The van der Waals surface area contributed by atoms with E-state index in [-0.39, 0.29) is 0 Å². The fourth-order valence-corrected chi connectivity index (χ4v) is 3.01. The summed E-state index contributed by atoms with van der Waals surface area (Å²) in [6.07, 6.45) is 0. The van der Waals surface area contributed by atoms with Crippen LogP contribution in [-0.2, 0) is 6.54 Å². The molecule has 19 heavy (non-hydrogen) atoms. The van der Waals surface area contributed by atoms with Crippen LogP contribution in [0, 0.1) is 12.8 Å². The van der Waals surface area contributed by atoms with E-state index in [9.17, 15) is 0 Å². The zero-order valence-corrected chi connectivity index (χ0v) is 14.0. The first kappa shape index (κ1) is 16.4. The van der Waals surface area contributed by atoms with Gasteiger partial charge in [0.15, 0.2) is 5.13 Å². The highest BCUT2D eigenvalue weighted by Crippen LogP contribution is 2.26. The minimum atomic E-state index is 0.652. The Kier molecular flexibility index (Phi) is 6.75. The van der Waals surface area contributed by atoms with Crippen LogP contribution in [0.5, 0.6) is 0 Å². The monoisotopic (exact) mass is 284 g/mol. The van der Waals surface area contributed by atoms with Crippen LogP contribution < -0.4 is 10.2 Å². The Balaban J connectivity index is 2.80. The molecule has 0 radical (unpaired) electrons. The van der Waals surface area contributed by atoms with Crippen LogP contribution in [0.4, 0.5) is 5.13 Å². The maximum atomic E-state index is 4.75. The van der Waals surface area contributed by atoms with Gasteiger partial charge in [-0.25, -0.2) is 4.98 Å². The highest BCUT2D eigenvalue weighted by molar-refractivity contribution is 7.15. The van der Waals surface area contributed by atoms with Crippen molar-refractivity contribution in [3.05, 3.63) is 10.6 Å². The second-order valence-corrected chi connectivity index (χ2v) is 6.74. The molecule has 0 bridgehead atoms. The average Bonchev–Trinajstić information content (AvgIpc) is 2.66. The van der Waals surface area contributed by atoms with Gasteiger partial charge in [0.25, 0.3) is 0 Å². The second-order valence-electron chi connectivity index (χ2n) is 5.68. The van der Waals surface area contributed by atoms with Gasteiger partial charge in [0.05, 0.1) is 5.69 Å². The average molecular weight is 284 g/mol. The van der Waals surface area contributed by atoms with E-state index in [1.54, 1.807) is 0 Å². The summed E-state index contributed by atoms with van der Waals surface area (Å²) >= 11 is 1.82. The van der Waals surface area contributed by atoms with Gasteiger partial charge in [0, 0.05) is 31.1 Å². The molecule has 5 heteroatoms. The Morgan fingerprint density at radius 1 is 1.26 bits per heavy atom. The molecule has 0 fully saturated rings. The molecule has 4 nitrogen and oxygen atoms in total. The number of aryl methyl sites for hydroxylation is 1. The Morgan fingerprint density at radius 2 is 1.95 bits per heavy atom. The largest absolute Gasteiger partial charge is 0.347 e. The number of rotatable bonds is 8. The van der Waals surface area contributed by atoms with Crippen molar-refractivity contribution in [3.63, 3.8) is 0 Å². The molecule has 1 N–H and O–H groups in total. The molecular weight excluding hydrogens is 256 g/mol. The molecule has 110 valence electrons. The van der Waals surface area contributed by atoms with Crippen molar-refractivity contribution >= 4 is 16.5 Å². The van der Waals surface area contributed by atoms with Gasteiger partial charge in [-0.1, -0.05) is 13.8 Å². The van der Waals surface area contributed by atoms with Crippen molar-refractivity contribution in [1.82, 2.24) is 15.2 Å². The van der Waals surface area contributed by atoms with Gasteiger partial charge >= 0.3 is 0 Å². The van der Waals surface area contributed by atoms with E-state index in [0.29, 0.717) is 5.92 Å². The van der Waals surface area contributed by atoms with Crippen molar-refractivity contribution in [2.75, 3.05) is 45.7 Å².